The van der Waals surface area contributed by atoms with Crippen molar-refractivity contribution >= 4 is 17.8 Å². The molecule has 0 spiro atoms. The van der Waals surface area contributed by atoms with Gasteiger partial charge in [-0.25, -0.2) is 0 Å². The van der Waals surface area contributed by atoms with Gasteiger partial charge in [-0.2, -0.15) is 9.61 Å². The van der Waals surface area contributed by atoms with Crippen molar-refractivity contribution < 1.29 is 14.7 Å². The highest BCUT2D eigenvalue weighted by atomic mass is 16.3. The first-order valence-corrected chi connectivity index (χ1v) is 8.19. The van der Waals surface area contributed by atoms with E-state index in [1.54, 1.807) is 0 Å². The molecule has 4 rings (SSSR count). The lowest BCUT2D eigenvalue weighted by atomic mass is 9.85. The fraction of sp³-hybridized carbons (Fsp3) is 0.500. The van der Waals surface area contributed by atoms with E-state index in [1.807, 2.05) is 0 Å². The number of rotatable bonds is 5. The van der Waals surface area contributed by atoms with Crippen LogP contribution in [0.3, 0.4) is 0 Å². The van der Waals surface area contributed by atoms with E-state index < -0.39 is 17.3 Å². The molecule has 24 heavy (non-hydrogen) atoms. The van der Waals surface area contributed by atoms with Gasteiger partial charge in [0.1, 0.15) is 0 Å². The number of aromatic nitrogens is 3. The molecule has 0 aliphatic heterocycles. The van der Waals surface area contributed by atoms with Crippen LogP contribution in [0.4, 0.5) is 0 Å². The van der Waals surface area contributed by atoms with Crippen LogP contribution in [-0.4, -0.2) is 37.5 Å². The van der Waals surface area contributed by atoms with Gasteiger partial charge < -0.3 is 10.4 Å². The minimum absolute atomic E-state index is 0.0650. The first-order valence-electron chi connectivity index (χ1n) is 8.19. The Kier molecular flexibility index (Phi) is 3.40. The summed E-state index contributed by atoms with van der Waals surface area (Å²) >= 11 is 0. The zero-order valence-corrected chi connectivity index (χ0v) is 13.1. The van der Waals surface area contributed by atoms with Crippen molar-refractivity contribution in [3.63, 3.8) is 0 Å². The first-order chi connectivity index (χ1) is 11.6. The molecular weight excluding hydrogens is 312 g/mol. The van der Waals surface area contributed by atoms with E-state index >= 15 is 0 Å². The number of hydrogen-bond donors (Lipinski definition) is 2. The number of fused-ring (bicyclic) bond motifs is 1. The molecule has 2 aliphatic carbocycles. The van der Waals surface area contributed by atoms with Crippen LogP contribution in [0.1, 0.15) is 52.8 Å². The average Bonchev–Trinajstić information content (AvgIpc) is 3.21. The topological polar surface area (TPSA) is 106 Å². The van der Waals surface area contributed by atoms with Crippen LogP contribution in [0.2, 0.25) is 0 Å². The van der Waals surface area contributed by atoms with Gasteiger partial charge in [-0.15, -0.1) is 0 Å². The van der Waals surface area contributed by atoms with Crippen LogP contribution >= 0.6 is 0 Å². The molecule has 0 radical (unpaired) electrons. The van der Waals surface area contributed by atoms with Gasteiger partial charge >= 0.3 is 0 Å². The smallest absolute Gasteiger partial charge is 0.270 e. The van der Waals surface area contributed by atoms with E-state index in [0.717, 1.165) is 36.6 Å². The highest BCUT2D eigenvalue weighted by Gasteiger charge is 2.30. The molecular formula is C16H18N4O4. The maximum absolute atomic E-state index is 12.9. The third-order valence-corrected chi connectivity index (χ3v) is 4.84. The van der Waals surface area contributed by atoms with Crippen molar-refractivity contribution in [2.45, 2.75) is 44.7 Å². The number of nitrogens with zero attached hydrogens (tertiary/aromatic N) is 3. The summed E-state index contributed by atoms with van der Waals surface area (Å²) in [5.41, 5.74) is -0.429. The van der Waals surface area contributed by atoms with Crippen molar-refractivity contribution in [2.24, 2.45) is 5.92 Å². The molecule has 2 saturated carbocycles. The second-order valence-corrected chi connectivity index (χ2v) is 6.61. The van der Waals surface area contributed by atoms with Gasteiger partial charge in [-0.3, -0.25) is 19.0 Å². The summed E-state index contributed by atoms with van der Waals surface area (Å²) < 4.78 is 2.51. The van der Waals surface area contributed by atoms with E-state index in [1.165, 1.54) is 10.8 Å². The van der Waals surface area contributed by atoms with Crippen molar-refractivity contribution in [3.05, 3.63) is 27.7 Å². The zero-order chi connectivity index (χ0) is 16.8. The third-order valence-electron chi connectivity index (χ3n) is 4.84. The van der Waals surface area contributed by atoms with Crippen LogP contribution in [0.5, 0.6) is 5.88 Å². The van der Waals surface area contributed by atoms with Crippen LogP contribution in [0.15, 0.2) is 11.0 Å². The lowest BCUT2D eigenvalue weighted by Crippen LogP contribution is -2.37. The SMILES string of the molecule is O=Cc1cnn2c(O)c(C(=O)NC3CC3)c(=O)n(CC3CCC3)c12. The maximum Gasteiger partial charge on any atom is 0.270 e. The standard InChI is InChI=1S/C16H18N4O4/c21-8-10-6-17-20-14(10)19(7-9-2-1-3-9)15(23)12(16(20)24)13(22)18-11-4-5-11/h6,8-9,11,24H,1-5,7H2,(H,18,22). The second-order valence-electron chi connectivity index (χ2n) is 6.61. The summed E-state index contributed by atoms with van der Waals surface area (Å²) in [6.45, 7) is 0.416. The number of nitrogens with one attached hydrogen (secondary N) is 1. The van der Waals surface area contributed by atoms with E-state index in [9.17, 15) is 19.5 Å². The summed E-state index contributed by atoms with van der Waals surface area (Å²) in [5, 5.41) is 17.1. The Hall–Kier alpha value is -2.64. The fourth-order valence-corrected chi connectivity index (χ4v) is 3.08. The van der Waals surface area contributed by atoms with Gasteiger partial charge in [0, 0.05) is 12.6 Å². The molecule has 2 fully saturated rings. The Morgan fingerprint density at radius 3 is 2.71 bits per heavy atom. The summed E-state index contributed by atoms with van der Waals surface area (Å²) in [4.78, 5) is 36.5. The van der Waals surface area contributed by atoms with E-state index in [2.05, 4.69) is 10.4 Å². The summed E-state index contributed by atoms with van der Waals surface area (Å²) in [6.07, 6.45) is 6.78. The van der Waals surface area contributed by atoms with Gasteiger partial charge in [0.05, 0.1) is 11.8 Å². The maximum atomic E-state index is 12.9. The van der Waals surface area contributed by atoms with Crippen molar-refractivity contribution in [3.8, 4) is 5.88 Å². The summed E-state index contributed by atoms with van der Waals surface area (Å²) in [5.74, 6) is -0.775. The van der Waals surface area contributed by atoms with Crippen LogP contribution < -0.4 is 10.9 Å². The molecule has 2 heterocycles. The molecule has 0 aromatic carbocycles. The normalized spacial score (nSPS) is 17.7. The molecule has 126 valence electrons. The highest BCUT2D eigenvalue weighted by Crippen LogP contribution is 2.29. The lowest BCUT2D eigenvalue weighted by Gasteiger charge is -2.26. The Bertz CT molecular complexity index is 890. The van der Waals surface area contributed by atoms with Gasteiger partial charge in [0.15, 0.2) is 17.5 Å². The predicted octanol–water partition coefficient (Wildman–Crippen LogP) is 0.706. The molecule has 1 amide bonds. The van der Waals surface area contributed by atoms with Gasteiger partial charge in [-0.1, -0.05) is 6.42 Å². The van der Waals surface area contributed by atoms with Gasteiger partial charge in [-0.05, 0) is 31.6 Å². The predicted molar refractivity (Wildman–Crippen MR) is 84.3 cm³/mol. The Labute approximate surface area is 137 Å². The van der Waals surface area contributed by atoms with Crippen molar-refractivity contribution in [1.82, 2.24) is 19.5 Å². The molecule has 0 unspecified atom stereocenters. The Morgan fingerprint density at radius 2 is 2.12 bits per heavy atom. The molecule has 8 nitrogen and oxygen atoms in total. The largest absolute Gasteiger partial charge is 0.492 e. The monoisotopic (exact) mass is 330 g/mol. The van der Waals surface area contributed by atoms with E-state index in [0.29, 0.717) is 18.7 Å². The number of hydrogen-bond acceptors (Lipinski definition) is 5. The molecule has 2 aromatic rings. The van der Waals surface area contributed by atoms with E-state index in [4.69, 9.17) is 0 Å². The lowest BCUT2D eigenvalue weighted by molar-refractivity contribution is 0.0944. The number of carbonyl (C=O) groups is 2. The third kappa shape index (κ3) is 2.29. The minimum Gasteiger partial charge on any atom is -0.492 e. The number of carbonyl (C=O) groups excluding carboxylic acids is 2. The Balaban J connectivity index is 1.90. The van der Waals surface area contributed by atoms with Crippen LogP contribution in [0, 0.1) is 5.92 Å². The van der Waals surface area contributed by atoms with Crippen molar-refractivity contribution in [1.29, 1.82) is 0 Å². The average molecular weight is 330 g/mol. The summed E-state index contributed by atoms with van der Waals surface area (Å²) in [6, 6.07) is 0.0650. The minimum atomic E-state index is -0.590. The van der Waals surface area contributed by atoms with Gasteiger partial charge in [0.25, 0.3) is 11.5 Å². The van der Waals surface area contributed by atoms with Gasteiger partial charge in [0.2, 0.25) is 5.88 Å². The second kappa shape index (κ2) is 5.47. The highest BCUT2D eigenvalue weighted by molar-refractivity contribution is 5.97. The molecule has 0 bridgehead atoms. The fourth-order valence-electron chi connectivity index (χ4n) is 3.08. The molecule has 8 heteroatoms. The molecule has 0 saturated heterocycles. The van der Waals surface area contributed by atoms with Crippen LogP contribution in [0.25, 0.3) is 5.65 Å². The molecule has 0 atom stereocenters. The quantitative estimate of drug-likeness (QED) is 0.785. The number of aldehydes is 1. The molecule has 2 aromatic heterocycles. The zero-order valence-electron chi connectivity index (χ0n) is 13.1. The number of amides is 1. The van der Waals surface area contributed by atoms with Crippen LogP contribution in [-0.2, 0) is 6.54 Å². The summed E-state index contributed by atoms with van der Waals surface area (Å²) in [7, 11) is 0. The Morgan fingerprint density at radius 1 is 1.38 bits per heavy atom. The van der Waals surface area contributed by atoms with E-state index in [-0.39, 0.29) is 22.8 Å². The van der Waals surface area contributed by atoms with Crippen molar-refractivity contribution in [2.75, 3.05) is 0 Å². The molecule has 2 aliphatic rings. The number of aromatic hydroxyl groups is 1. The molecule has 2 N–H and O–H groups in total. The first kappa shape index (κ1) is 14.9.